The van der Waals surface area contributed by atoms with Crippen molar-refractivity contribution >= 4 is 39.1 Å². The van der Waals surface area contributed by atoms with Crippen LogP contribution >= 0.6 is 39.1 Å². The summed E-state index contributed by atoms with van der Waals surface area (Å²) < 4.78 is 14.5. The van der Waals surface area contributed by atoms with Gasteiger partial charge in [0.15, 0.2) is 0 Å². The lowest BCUT2D eigenvalue weighted by Gasteiger charge is -2.20. The number of hydrogen-bond donors (Lipinski definition) is 1. The van der Waals surface area contributed by atoms with E-state index in [4.69, 9.17) is 23.2 Å². The number of halogens is 4. The maximum Gasteiger partial charge on any atom is 0.142 e. The smallest absolute Gasteiger partial charge is 0.142 e. The molecule has 1 atom stereocenters. The van der Waals surface area contributed by atoms with Gasteiger partial charge in [0.05, 0.1) is 5.02 Å². The zero-order valence-corrected chi connectivity index (χ0v) is 14.6. The Morgan fingerprint density at radius 2 is 1.90 bits per heavy atom. The molecule has 0 aliphatic heterocycles. The molecular weight excluding hydrogens is 376 g/mol. The molecule has 2 rings (SSSR count). The SMILES string of the molecule is CCNC(Cc1ccc(Cl)c(F)c1)c1ccc(Br)cc1Cl. The average Bonchev–Trinajstić information content (AvgIpc) is 2.42. The summed E-state index contributed by atoms with van der Waals surface area (Å²) in [5.41, 5.74) is 1.87. The molecule has 0 heterocycles. The van der Waals surface area contributed by atoms with E-state index in [2.05, 4.69) is 21.2 Å². The second-order valence-electron chi connectivity index (χ2n) is 4.73. The molecule has 5 heteroatoms. The Labute approximate surface area is 142 Å². The Balaban J connectivity index is 2.28. The number of rotatable bonds is 5. The van der Waals surface area contributed by atoms with Gasteiger partial charge >= 0.3 is 0 Å². The van der Waals surface area contributed by atoms with Gasteiger partial charge in [-0.1, -0.05) is 58.2 Å². The largest absolute Gasteiger partial charge is 0.310 e. The molecule has 2 aromatic carbocycles. The molecule has 2 aromatic rings. The first-order chi connectivity index (χ1) is 10.0. The fraction of sp³-hybridized carbons (Fsp3) is 0.250. The van der Waals surface area contributed by atoms with E-state index in [1.165, 1.54) is 6.07 Å². The van der Waals surface area contributed by atoms with Gasteiger partial charge in [0.25, 0.3) is 0 Å². The summed E-state index contributed by atoms with van der Waals surface area (Å²) in [7, 11) is 0. The van der Waals surface area contributed by atoms with Crippen LogP contribution in [0.25, 0.3) is 0 Å². The number of hydrogen-bond acceptors (Lipinski definition) is 1. The highest BCUT2D eigenvalue weighted by Gasteiger charge is 2.15. The molecule has 1 nitrogen and oxygen atoms in total. The summed E-state index contributed by atoms with van der Waals surface area (Å²) >= 11 is 15.4. The monoisotopic (exact) mass is 389 g/mol. The summed E-state index contributed by atoms with van der Waals surface area (Å²) in [6, 6.07) is 10.7. The molecule has 0 spiro atoms. The zero-order valence-electron chi connectivity index (χ0n) is 11.5. The zero-order chi connectivity index (χ0) is 15.4. The van der Waals surface area contributed by atoms with Crippen molar-refractivity contribution in [3.05, 3.63) is 67.9 Å². The minimum atomic E-state index is -0.397. The van der Waals surface area contributed by atoms with Gasteiger partial charge in [-0.05, 0) is 48.4 Å². The van der Waals surface area contributed by atoms with Crippen molar-refractivity contribution < 1.29 is 4.39 Å². The van der Waals surface area contributed by atoms with Gasteiger partial charge in [-0.15, -0.1) is 0 Å². The van der Waals surface area contributed by atoms with Crippen molar-refractivity contribution in [3.63, 3.8) is 0 Å². The van der Waals surface area contributed by atoms with Crippen molar-refractivity contribution in [2.24, 2.45) is 0 Å². The molecule has 0 aliphatic carbocycles. The van der Waals surface area contributed by atoms with Crippen LogP contribution in [-0.4, -0.2) is 6.54 Å². The summed E-state index contributed by atoms with van der Waals surface area (Å²) in [6.07, 6.45) is 0.642. The summed E-state index contributed by atoms with van der Waals surface area (Å²) in [4.78, 5) is 0. The van der Waals surface area contributed by atoms with E-state index in [1.54, 1.807) is 6.07 Å². The highest BCUT2D eigenvalue weighted by Crippen LogP contribution is 2.29. The molecular formula is C16H15BrCl2FN. The van der Waals surface area contributed by atoms with Gasteiger partial charge in [-0.25, -0.2) is 4.39 Å². The summed E-state index contributed by atoms with van der Waals surface area (Å²) in [5, 5.41) is 4.21. The van der Waals surface area contributed by atoms with Gasteiger partial charge in [0.1, 0.15) is 5.82 Å². The van der Waals surface area contributed by atoms with Crippen LogP contribution in [0, 0.1) is 5.82 Å². The minimum absolute atomic E-state index is 0.0242. The van der Waals surface area contributed by atoms with Crippen molar-refractivity contribution in [2.45, 2.75) is 19.4 Å². The molecule has 0 saturated carbocycles. The van der Waals surface area contributed by atoms with Crippen LogP contribution < -0.4 is 5.32 Å². The molecule has 0 fully saturated rings. The molecule has 112 valence electrons. The van der Waals surface area contributed by atoms with Crippen molar-refractivity contribution in [1.29, 1.82) is 0 Å². The Bertz CT molecular complexity index is 634. The molecule has 0 saturated heterocycles. The highest BCUT2D eigenvalue weighted by atomic mass is 79.9. The summed E-state index contributed by atoms with van der Waals surface area (Å²) in [6.45, 7) is 2.83. The van der Waals surface area contributed by atoms with Crippen LogP contribution in [0.4, 0.5) is 4.39 Å². The van der Waals surface area contributed by atoms with E-state index < -0.39 is 5.82 Å². The van der Waals surface area contributed by atoms with Gasteiger partial charge in [-0.3, -0.25) is 0 Å². The molecule has 0 amide bonds. The number of benzene rings is 2. The maximum atomic E-state index is 13.6. The van der Waals surface area contributed by atoms with Crippen LogP contribution in [0.1, 0.15) is 24.1 Å². The quantitative estimate of drug-likeness (QED) is 0.681. The van der Waals surface area contributed by atoms with E-state index in [1.807, 2.05) is 31.2 Å². The van der Waals surface area contributed by atoms with Crippen LogP contribution in [-0.2, 0) is 6.42 Å². The second kappa shape index (κ2) is 7.59. The second-order valence-corrected chi connectivity index (χ2v) is 6.46. The Morgan fingerprint density at radius 1 is 1.14 bits per heavy atom. The van der Waals surface area contributed by atoms with Crippen LogP contribution in [0.3, 0.4) is 0 Å². The van der Waals surface area contributed by atoms with E-state index in [0.29, 0.717) is 11.4 Å². The van der Waals surface area contributed by atoms with Gasteiger partial charge in [-0.2, -0.15) is 0 Å². The third-order valence-electron chi connectivity index (χ3n) is 3.21. The molecule has 0 radical (unpaired) electrons. The fourth-order valence-electron chi connectivity index (χ4n) is 2.22. The Kier molecular flexibility index (Phi) is 6.06. The standard InChI is InChI=1S/C16H15BrCl2FN/c1-2-21-16(12-5-4-11(17)9-14(12)19)8-10-3-6-13(18)15(20)7-10/h3-7,9,16,21H,2,8H2,1H3. The molecule has 1 N–H and O–H groups in total. The highest BCUT2D eigenvalue weighted by molar-refractivity contribution is 9.10. The minimum Gasteiger partial charge on any atom is -0.310 e. The fourth-order valence-corrected chi connectivity index (χ4v) is 3.15. The third kappa shape index (κ3) is 4.43. The Hall–Kier alpha value is -0.610. The maximum absolute atomic E-state index is 13.6. The first-order valence-corrected chi connectivity index (χ1v) is 8.18. The molecule has 0 bridgehead atoms. The van der Waals surface area contributed by atoms with Gasteiger partial charge in [0.2, 0.25) is 0 Å². The lowest BCUT2D eigenvalue weighted by molar-refractivity contribution is 0.547. The van der Waals surface area contributed by atoms with Crippen LogP contribution in [0.2, 0.25) is 10.0 Å². The first kappa shape index (κ1) is 16.8. The van der Waals surface area contributed by atoms with Crippen LogP contribution in [0.15, 0.2) is 40.9 Å². The lowest BCUT2D eigenvalue weighted by atomic mass is 9.98. The Morgan fingerprint density at radius 3 is 2.52 bits per heavy atom. The predicted octanol–water partition coefficient (Wildman–Crippen LogP) is 5.79. The molecule has 0 aliphatic rings. The average molecular weight is 391 g/mol. The lowest BCUT2D eigenvalue weighted by Crippen LogP contribution is -2.23. The topological polar surface area (TPSA) is 12.0 Å². The van der Waals surface area contributed by atoms with Gasteiger partial charge in [0, 0.05) is 15.5 Å². The van der Waals surface area contributed by atoms with Crippen molar-refractivity contribution in [3.8, 4) is 0 Å². The van der Waals surface area contributed by atoms with Crippen molar-refractivity contribution in [2.75, 3.05) is 6.54 Å². The normalized spacial score (nSPS) is 12.4. The van der Waals surface area contributed by atoms with Crippen LogP contribution in [0.5, 0.6) is 0 Å². The number of likely N-dealkylation sites (N-methyl/N-ethyl adjacent to an activating group) is 1. The molecule has 0 aromatic heterocycles. The summed E-state index contributed by atoms with van der Waals surface area (Å²) in [5.74, 6) is -0.397. The molecule has 1 unspecified atom stereocenters. The van der Waals surface area contributed by atoms with E-state index in [-0.39, 0.29) is 11.1 Å². The predicted molar refractivity (Wildman–Crippen MR) is 90.7 cm³/mol. The molecule has 21 heavy (non-hydrogen) atoms. The van der Waals surface area contributed by atoms with Gasteiger partial charge < -0.3 is 5.32 Å². The van der Waals surface area contributed by atoms with E-state index in [0.717, 1.165) is 22.1 Å². The van der Waals surface area contributed by atoms with E-state index in [9.17, 15) is 4.39 Å². The third-order valence-corrected chi connectivity index (χ3v) is 4.34. The van der Waals surface area contributed by atoms with Crippen molar-refractivity contribution in [1.82, 2.24) is 5.32 Å². The van der Waals surface area contributed by atoms with E-state index >= 15 is 0 Å². The number of nitrogens with one attached hydrogen (secondary N) is 1. The first-order valence-electron chi connectivity index (χ1n) is 6.63.